The first-order valence-electron chi connectivity index (χ1n) is 13.0. The van der Waals surface area contributed by atoms with E-state index in [1.807, 2.05) is 12.1 Å². The molecule has 1 aromatic rings. The molecule has 3 saturated carbocycles. The van der Waals surface area contributed by atoms with Crippen LogP contribution in [0.25, 0.3) is 6.08 Å². The molecule has 2 aliphatic heterocycles. The number of ether oxygens (including phenoxy) is 3. The Kier molecular flexibility index (Phi) is 5.24. The first kappa shape index (κ1) is 24.6. The number of fused-ring (bicyclic) bond motifs is 2. The molecule has 6 aliphatic rings. The molecular formula is C30H34O7. The van der Waals surface area contributed by atoms with E-state index in [0.717, 1.165) is 12.0 Å². The fraction of sp³-hybridized carbons (Fsp3) is 0.533. The van der Waals surface area contributed by atoms with Crippen molar-refractivity contribution in [3.05, 3.63) is 60.2 Å². The Hall–Kier alpha value is -2.74. The summed E-state index contributed by atoms with van der Waals surface area (Å²) in [4.78, 5) is 27.2. The minimum absolute atomic E-state index is 0.208. The summed E-state index contributed by atoms with van der Waals surface area (Å²) in [5, 5.41) is 23.9. The number of aliphatic hydroxyl groups is 2. The Morgan fingerprint density at radius 3 is 2.65 bits per heavy atom. The standard InChI is InChI=1S/C30H34O7/c1-17-20-11-12-21-28-15-5-14-27(2,3)23(28)25(33)30(34,36-16-28)29(21,24(17)32)26(20)37-22(31)13-8-18-6-9-19(35-4)10-7-18/h5-10,13,15,20-21,23,25-26,33-34H,1,11-12,14,16H2,2-4H3/b13-8+/t20-,21-,23+,25-,26+,28+,29-,30-/m0/s1. The first-order valence-corrected chi connectivity index (χ1v) is 13.0. The molecule has 196 valence electrons. The molecule has 7 nitrogen and oxygen atoms in total. The Balaban J connectivity index is 1.40. The van der Waals surface area contributed by atoms with Gasteiger partial charge in [0.25, 0.3) is 0 Å². The summed E-state index contributed by atoms with van der Waals surface area (Å²) in [5.41, 5.74) is -1.45. The van der Waals surface area contributed by atoms with Gasteiger partial charge in [-0.1, -0.05) is 44.7 Å². The first-order chi connectivity index (χ1) is 17.5. The van der Waals surface area contributed by atoms with Crippen molar-refractivity contribution in [2.24, 2.45) is 34.0 Å². The van der Waals surface area contributed by atoms with E-state index in [1.54, 1.807) is 25.3 Å². The normalized spacial score (nSPS) is 43.0. The van der Waals surface area contributed by atoms with Crippen LogP contribution in [0.15, 0.2) is 54.6 Å². The van der Waals surface area contributed by atoms with Crippen LogP contribution < -0.4 is 4.74 Å². The lowest BCUT2D eigenvalue weighted by Crippen LogP contribution is -2.83. The molecule has 0 radical (unpaired) electrons. The number of carbonyl (C=O) groups excluding carboxylic acids is 2. The number of aliphatic hydroxyl groups excluding tert-OH is 1. The monoisotopic (exact) mass is 506 g/mol. The molecule has 0 unspecified atom stereocenters. The minimum atomic E-state index is -2.17. The van der Waals surface area contributed by atoms with Crippen molar-refractivity contribution in [3.8, 4) is 5.75 Å². The average Bonchev–Trinajstić information content (AvgIpc) is 2.98. The largest absolute Gasteiger partial charge is 0.497 e. The number of carbonyl (C=O) groups is 2. The van der Waals surface area contributed by atoms with Crippen LogP contribution in [-0.2, 0) is 19.1 Å². The number of allylic oxidation sites excluding steroid dienone is 1. The lowest BCUT2D eigenvalue weighted by atomic mass is 9.37. The van der Waals surface area contributed by atoms with E-state index in [2.05, 4.69) is 32.6 Å². The second-order valence-corrected chi connectivity index (χ2v) is 12.0. The predicted octanol–water partition coefficient (Wildman–Crippen LogP) is 3.45. The van der Waals surface area contributed by atoms with Crippen LogP contribution in [0.1, 0.15) is 38.7 Å². The van der Waals surface area contributed by atoms with Gasteiger partial charge in [0, 0.05) is 23.3 Å². The Labute approximate surface area is 216 Å². The lowest BCUT2D eigenvalue weighted by Gasteiger charge is -2.72. The van der Waals surface area contributed by atoms with Gasteiger partial charge in [-0.15, -0.1) is 0 Å². The third-order valence-corrected chi connectivity index (χ3v) is 10.0. The number of ketones is 1. The van der Waals surface area contributed by atoms with E-state index in [9.17, 15) is 19.8 Å². The number of benzene rings is 1. The van der Waals surface area contributed by atoms with E-state index in [0.29, 0.717) is 24.2 Å². The molecule has 2 heterocycles. The maximum absolute atomic E-state index is 14.1. The zero-order valence-electron chi connectivity index (χ0n) is 21.5. The van der Waals surface area contributed by atoms with Gasteiger partial charge in [0.05, 0.1) is 13.7 Å². The van der Waals surface area contributed by atoms with Gasteiger partial charge in [-0.25, -0.2) is 4.79 Å². The highest BCUT2D eigenvalue weighted by molar-refractivity contribution is 6.05. The molecule has 2 N–H and O–H groups in total. The Morgan fingerprint density at radius 1 is 1.22 bits per heavy atom. The minimum Gasteiger partial charge on any atom is -0.497 e. The maximum Gasteiger partial charge on any atom is 0.331 e. The van der Waals surface area contributed by atoms with E-state index in [4.69, 9.17) is 14.2 Å². The van der Waals surface area contributed by atoms with Gasteiger partial charge < -0.3 is 24.4 Å². The van der Waals surface area contributed by atoms with Crippen molar-refractivity contribution in [2.75, 3.05) is 13.7 Å². The highest BCUT2D eigenvalue weighted by Gasteiger charge is 2.86. The number of Topliss-reactive ketones (excluding diaryl/α,β-unsaturated/α-hetero) is 1. The Morgan fingerprint density at radius 2 is 1.95 bits per heavy atom. The molecule has 0 aromatic heterocycles. The second-order valence-electron chi connectivity index (χ2n) is 12.0. The van der Waals surface area contributed by atoms with Crippen LogP contribution in [0, 0.1) is 34.0 Å². The van der Waals surface area contributed by atoms with Crippen molar-refractivity contribution in [1.29, 1.82) is 0 Å². The zero-order valence-corrected chi connectivity index (χ0v) is 21.5. The molecule has 37 heavy (non-hydrogen) atoms. The summed E-state index contributed by atoms with van der Waals surface area (Å²) in [6.07, 6.45) is 6.88. The molecule has 7 heteroatoms. The van der Waals surface area contributed by atoms with Crippen LogP contribution in [0.4, 0.5) is 0 Å². The summed E-state index contributed by atoms with van der Waals surface area (Å²) in [6, 6.07) is 7.22. The van der Waals surface area contributed by atoms with Gasteiger partial charge in [-0.2, -0.15) is 0 Å². The summed E-state index contributed by atoms with van der Waals surface area (Å²) in [7, 11) is 1.58. The maximum atomic E-state index is 14.1. The number of hydrogen-bond donors (Lipinski definition) is 2. The molecule has 8 atom stereocenters. The molecular weight excluding hydrogens is 472 g/mol. The fourth-order valence-electron chi connectivity index (χ4n) is 8.59. The van der Waals surface area contributed by atoms with Crippen molar-refractivity contribution in [3.63, 3.8) is 0 Å². The van der Waals surface area contributed by atoms with E-state index < -0.39 is 40.7 Å². The van der Waals surface area contributed by atoms with E-state index >= 15 is 0 Å². The highest BCUT2D eigenvalue weighted by atomic mass is 16.6. The summed E-state index contributed by atoms with van der Waals surface area (Å²) in [5.74, 6) is -3.53. The molecule has 2 saturated heterocycles. The van der Waals surface area contributed by atoms with Crippen LogP contribution >= 0.6 is 0 Å². The topological polar surface area (TPSA) is 102 Å². The van der Waals surface area contributed by atoms with Gasteiger partial charge in [0.1, 0.15) is 23.4 Å². The van der Waals surface area contributed by atoms with Gasteiger partial charge in [0.15, 0.2) is 5.78 Å². The van der Waals surface area contributed by atoms with Crippen LogP contribution in [0.2, 0.25) is 0 Å². The van der Waals surface area contributed by atoms with Gasteiger partial charge in [-0.3, -0.25) is 4.79 Å². The average molecular weight is 507 g/mol. The van der Waals surface area contributed by atoms with Gasteiger partial charge in [0.2, 0.25) is 5.79 Å². The SMILES string of the molecule is C=C1C(=O)[C@]23[C@H](OC(=O)/C=C/c4ccc(OC)cc4)[C@H]1CC[C@H]2[C@]12C=CCC(C)(C)[C@H]1[C@H](O)[C@]3(O)OC2. The molecule has 5 fully saturated rings. The van der Waals surface area contributed by atoms with Gasteiger partial charge in [-0.05, 0) is 59.9 Å². The molecule has 0 amide bonds. The molecule has 2 spiro atoms. The summed E-state index contributed by atoms with van der Waals surface area (Å²) < 4.78 is 17.3. The van der Waals surface area contributed by atoms with Crippen molar-refractivity contribution in [1.82, 2.24) is 0 Å². The van der Waals surface area contributed by atoms with E-state index in [1.165, 1.54) is 6.08 Å². The quantitative estimate of drug-likeness (QED) is 0.366. The molecule has 4 aliphatic carbocycles. The molecule has 4 bridgehead atoms. The number of rotatable bonds is 4. The zero-order chi connectivity index (χ0) is 26.4. The Bertz CT molecular complexity index is 1230. The lowest BCUT2D eigenvalue weighted by molar-refractivity contribution is -0.436. The van der Waals surface area contributed by atoms with Gasteiger partial charge >= 0.3 is 5.97 Å². The predicted molar refractivity (Wildman–Crippen MR) is 135 cm³/mol. The summed E-state index contributed by atoms with van der Waals surface area (Å²) >= 11 is 0. The van der Waals surface area contributed by atoms with E-state index in [-0.39, 0.29) is 29.6 Å². The van der Waals surface area contributed by atoms with Crippen LogP contribution in [-0.4, -0.2) is 53.7 Å². The number of hydrogen-bond acceptors (Lipinski definition) is 7. The third-order valence-electron chi connectivity index (χ3n) is 10.0. The smallest absolute Gasteiger partial charge is 0.331 e. The van der Waals surface area contributed by atoms with Crippen LogP contribution in [0.5, 0.6) is 5.75 Å². The number of esters is 1. The highest BCUT2D eigenvalue weighted by Crippen LogP contribution is 2.75. The summed E-state index contributed by atoms with van der Waals surface area (Å²) in [6.45, 7) is 8.45. The molecule has 7 rings (SSSR count). The van der Waals surface area contributed by atoms with Crippen molar-refractivity contribution in [2.45, 2.75) is 51.1 Å². The number of methoxy groups -OCH3 is 1. The second kappa shape index (κ2) is 7.88. The fourth-order valence-corrected chi connectivity index (χ4v) is 8.59. The third kappa shape index (κ3) is 2.93. The molecule has 1 aromatic carbocycles. The van der Waals surface area contributed by atoms with Crippen molar-refractivity contribution < 1.29 is 34.0 Å². The van der Waals surface area contributed by atoms with Crippen LogP contribution in [0.3, 0.4) is 0 Å². The van der Waals surface area contributed by atoms with Crippen molar-refractivity contribution >= 4 is 17.8 Å².